The van der Waals surface area contributed by atoms with E-state index in [1.807, 2.05) is 0 Å². The molecule has 3 saturated heterocycles. The van der Waals surface area contributed by atoms with E-state index in [4.69, 9.17) is 14.2 Å². The van der Waals surface area contributed by atoms with Gasteiger partial charge in [-0.2, -0.15) is 0 Å². The molecule has 0 aliphatic carbocycles. The van der Waals surface area contributed by atoms with Crippen LogP contribution in [0.2, 0.25) is 0 Å². The van der Waals surface area contributed by atoms with E-state index in [2.05, 4.69) is 72.8 Å². The molecule has 3 heterocycles. The third-order valence-electron chi connectivity index (χ3n) is 6.65. The van der Waals surface area contributed by atoms with Gasteiger partial charge < -0.3 is 14.2 Å². The lowest BCUT2D eigenvalue weighted by atomic mass is 9.77. The van der Waals surface area contributed by atoms with Crippen LogP contribution in [0, 0.1) is 0 Å². The van der Waals surface area contributed by atoms with Crippen LogP contribution in [0.3, 0.4) is 0 Å². The maximum absolute atomic E-state index is 5.59. The molecule has 3 nitrogen and oxygen atoms in total. The van der Waals surface area contributed by atoms with Crippen LogP contribution in [0.15, 0.2) is 72.8 Å². The fraction of sp³-hybridized carbons (Fsp3) is 0.357. The van der Waals surface area contributed by atoms with Crippen molar-refractivity contribution >= 4 is 0 Å². The zero-order chi connectivity index (χ0) is 20.6. The molecule has 3 aliphatic rings. The van der Waals surface area contributed by atoms with E-state index in [0.29, 0.717) is 18.3 Å². The van der Waals surface area contributed by atoms with Crippen LogP contribution >= 0.6 is 0 Å². The van der Waals surface area contributed by atoms with Crippen molar-refractivity contribution in [3.05, 3.63) is 106 Å². The summed E-state index contributed by atoms with van der Waals surface area (Å²) in [5, 5.41) is 0. The monoisotopic (exact) mass is 412 g/mol. The van der Waals surface area contributed by atoms with Crippen molar-refractivity contribution in [1.82, 2.24) is 0 Å². The molecule has 0 radical (unpaired) electrons. The highest BCUT2D eigenvalue weighted by atomic mass is 16.6. The first-order valence-corrected chi connectivity index (χ1v) is 11.4. The quantitative estimate of drug-likeness (QED) is 0.378. The molecular weight excluding hydrogens is 384 g/mol. The van der Waals surface area contributed by atoms with Crippen molar-refractivity contribution in [2.75, 3.05) is 19.8 Å². The molecule has 0 spiro atoms. The fourth-order valence-electron chi connectivity index (χ4n) is 4.80. The van der Waals surface area contributed by atoms with Crippen molar-refractivity contribution in [2.45, 2.75) is 43.5 Å². The predicted molar refractivity (Wildman–Crippen MR) is 121 cm³/mol. The maximum atomic E-state index is 5.59. The SMILES string of the molecule is c1ccc(C(c2ccccc2CC2CO2)c2ccccc2CC2CO2)c(CC2CO2)c1. The molecule has 158 valence electrons. The Morgan fingerprint density at radius 1 is 0.516 bits per heavy atom. The lowest BCUT2D eigenvalue weighted by Crippen LogP contribution is -2.14. The second kappa shape index (κ2) is 8.23. The highest BCUT2D eigenvalue weighted by Crippen LogP contribution is 2.40. The number of rotatable bonds is 9. The summed E-state index contributed by atoms with van der Waals surface area (Å²) < 4.78 is 16.8. The van der Waals surface area contributed by atoms with E-state index in [9.17, 15) is 0 Å². The molecule has 3 fully saturated rings. The lowest BCUT2D eigenvalue weighted by Gasteiger charge is -2.26. The van der Waals surface area contributed by atoms with E-state index in [1.165, 1.54) is 33.4 Å². The number of ether oxygens (including phenoxy) is 3. The molecular formula is C28H28O3. The summed E-state index contributed by atoms with van der Waals surface area (Å²) in [7, 11) is 0. The number of epoxide rings is 3. The van der Waals surface area contributed by atoms with E-state index in [1.54, 1.807) is 0 Å². The molecule has 0 aromatic heterocycles. The van der Waals surface area contributed by atoms with Gasteiger partial charge >= 0.3 is 0 Å². The number of benzene rings is 3. The average Bonchev–Trinajstić information content (AvgIpc) is 3.63. The van der Waals surface area contributed by atoms with Crippen LogP contribution in [0.1, 0.15) is 39.3 Å². The van der Waals surface area contributed by atoms with Gasteiger partial charge in [0.25, 0.3) is 0 Å². The molecule has 3 atom stereocenters. The lowest BCUT2D eigenvalue weighted by molar-refractivity contribution is 0.406. The Morgan fingerprint density at radius 2 is 0.806 bits per heavy atom. The average molecular weight is 413 g/mol. The van der Waals surface area contributed by atoms with Gasteiger partial charge in [0.2, 0.25) is 0 Å². The summed E-state index contributed by atoms with van der Waals surface area (Å²) in [5.41, 5.74) is 8.36. The van der Waals surface area contributed by atoms with Crippen molar-refractivity contribution in [3.8, 4) is 0 Å². The molecule has 6 rings (SSSR count). The molecule has 0 N–H and O–H groups in total. The summed E-state index contributed by atoms with van der Waals surface area (Å²) in [6, 6.07) is 26.8. The Kier molecular flexibility index (Phi) is 5.11. The van der Waals surface area contributed by atoms with E-state index >= 15 is 0 Å². The Labute approximate surface area is 184 Å². The molecule has 3 aliphatic heterocycles. The van der Waals surface area contributed by atoms with Crippen LogP contribution < -0.4 is 0 Å². The van der Waals surface area contributed by atoms with Gasteiger partial charge in [-0.05, 0) is 33.4 Å². The minimum Gasteiger partial charge on any atom is -0.373 e. The third kappa shape index (κ3) is 4.45. The van der Waals surface area contributed by atoms with Crippen molar-refractivity contribution < 1.29 is 14.2 Å². The maximum Gasteiger partial charge on any atom is 0.0850 e. The molecule has 0 bridgehead atoms. The Balaban J connectivity index is 1.49. The van der Waals surface area contributed by atoms with E-state index in [-0.39, 0.29) is 5.92 Å². The largest absolute Gasteiger partial charge is 0.373 e. The Hall–Kier alpha value is -2.46. The van der Waals surface area contributed by atoms with Crippen LogP contribution in [-0.4, -0.2) is 38.1 Å². The molecule has 3 aromatic carbocycles. The first kappa shape index (κ1) is 19.2. The van der Waals surface area contributed by atoms with Crippen LogP contribution in [0.5, 0.6) is 0 Å². The van der Waals surface area contributed by atoms with Gasteiger partial charge in [-0.15, -0.1) is 0 Å². The minimum absolute atomic E-state index is 0.194. The van der Waals surface area contributed by atoms with Crippen LogP contribution in [0.4, 0.5) is 0 Å². The summed E-state index contributed by atoms with van der Waals surface area (Å²) in [6.07, 6.45) is 4.04. The van der Waals surface area contributed by atoms with Gasteiger partial charge in [-0.25, -0.2) is 0 Å². The first-order chi connectivity index (χ1) is 15.3. The zero-order valence-electron chi connectivity index (χ0n) is 17.7. The van der Waals surface area contributed by atoms with Crippen LogP contribution in [-0.2, 0) is 33.5 Å². The minimum atomic E-state index is 0.194. The smallest absolute Gasteiger partial charge is 0.0850 e. The van der Waals surface area contributed by atoms with Gasteiger partial charge in [0.05, 0.1) is 38.1 Å². The highest BCUT2D eigenvalue weighted by Gasteiger charge is 2.31. The molecule has 0 saturated carbocycles. The van der Waals surface area contributed by atoms with E-state index < -0.39 is 0 Å². The zero-order valence-corrected chi connectivity index (χ0v) is 17.7. The molecule has 3 aromatic rings. The summed E-state index contributed by atoms with van der Waals surface area (Å²) in [6.45, 7) is 2.64. The normalized spacial score (nSPS) is 24.6. The molecule has 31 heavy (non-hydrogen) atoms. The first-order valence-electron chi connectivity index (χ1n) is 11.4. The van der Waals surface area contributed by atoms with Gasteiger partial charge in [0, 0.05) is 25.2 Å². The standard InChI is InChI=1S/C28H28O3/c1-4-10-25(19(7-1)13-22-16-29-22)28(26-11-5-2-8-20(26)14-23-17-30-23)27-12-6-3-9-21(27)15-24-18-31-24/h1-12,22-24,28H,13-18H2. The Morgan fingerprint density at radius 3 is 1.10 bits per heavy atom. The van der Waals surface area contributed by atoms with Crippen molar-refractivity contribution in [3.63, 3.8) is 0 Å². The number of hydrogen-bond acceptors (Lipinski definition) is 3. The van der Waals surface area contributed by atoms with Crippen molar-refractivity contribution in [2.24, 2.45) is 0 Å². The molecule has 3 heteroatoms. The molecule has 3 unspecified atom stereocenters. The second-order valence-electron chi connectivity index (χ2n) is 9.01. The van der Waals surface area contributed by atoms with Gasteiger partial charge in [0.15, 0.2) is 0 Å². The van der Waals surface area contributed by atoms with Gasteiger partial charge in [-0.1, -0.05) is 72.8 Å². The fourth-order valence-corrected chi connectivity index (χ4v) is 4.80. The van der Waals surface area contributed by atoms with Gasteiger partial charge in [-0.3, -0.25) is 0 Å². The summed E-state index contributed by atoms with van der Waals surface area (Å²) in [4.78, 5) is 0. The topological polar surface area (TPSA) is 37.6 Å². The summed E-state index contributed by atoms with van der Waals surface area (Å²) >= 11 is 0. The van der Waals surface area contributed by atoms with Crippen molar-refractivity contribution in [1.29, 1.82) is 0 Å². The highest BCUT2D eigenvalue weighted by molar-refractivity contribution is 5.52. The van der Waals surface area contributed by atoms with Crippen LogP contribution in [0.25, 0.3) is 0 Å². The number of hydrogen-bond donors (Lipinski definition) is 0. The van der Waals surface area contributed by atoms with Gasteiger partial charge in [0.1, 0.15) is 0 Å². The van der Waals surface area contributed by atoms with E-state index in [0.717, 1.165) is 39.1 Å². The summed E-state index contributed by atoms with van der Waals surface area (Å²) in [5.74, 6) is 0.194. The Bertz CT molecular complexity index is 926. The second-order valence-corrected chi connectivity index (χ2v) is 9.01. The predicted octanol–water partition coefficient (Wildman–Crippen LogP) is 4.69. The molecule has 0 amide bonds. The third-order valence-corrected chi connectivity index (χ3v) is 6.65.